The van der Waals surface area contributed by atoms with Gasteiger partial charge in [-0.15, -0.1) is 0 Å². The van der Waals surface area contributed by atoms with Crippen molar-refractivity contribution < 1.29 is 19.1 Å². The number of carbonyl (C=O) groups excluding carboxylic acids is 3. The Morgan fingerprint density at radius 2 is 2.15 bits per heavy atom. The summed E-state index contributed by atoms with van der Waals surface area (Å²) in [5, 5.41) is 13.4. The molecule has 0 radical (unpaired) electrons. The number of nitrogens with one attached hydrogen (secondary N) is 2. The van der Waals surface area contributed by atoms with Crippen molar-refractivity contribution in [2.45, 2.75) is 57.0 Å². The molecule has 2 amide bonds. The van der Waals surface area contributed by atoms with Crippen LogP contribution in [0.25, 0.3) is 10.9 Å². The van der Waals surface area contributed by atoms with Crippen LogP contribution in [-0.4, -0.2) is 53.2 Å². The fraction of sp³-hybridized carbons (Fsp3) is 0.538. The van der Waals surface area contributed by atoms with Crippen LogP contribution in [0, 0.1) is 29.1 Å². The number of H-pyrrole nitrogens is 1. The number of carbonyl (C=O) groups is 3. The highest BCUT2D eigenvalue weighted by Gasteiger charge is 2.50. The number of ketones is 1. The Kier molecular flexibility index (Phi) is 6.03. The molecule has 1 saturated heterocycles. The molecular weight excluding hydrogens is 432 g/mol. The Morgan fingerprint density at radius 1 is 1.29 bits per heavy atom. The van der Waals surface area contributed by atoms with Gasteiger partial charge in [0.25, 0.3) is 5.91 Å². The number of benzene rings is 1. The van der Waals surface area contributed by atoms with Crippen LogP contribution in [0.15, 0.2) is 24.3 Å². The second-order valence-corrected chi connectivity index (χ2v) is 9.84. The molecule has 8 nitrogen and oxygen atoms in total. The fourth-order valence-corrected chi connectivity index (χ4v) is 6.25. The quantitative estimate of drug-likeness (QED) is 0.684. The van der Waals surface area contributed by atoms with E-state index in [1.807, 2.05) is 18.2 Å². The first kappa shape index (κ1) is 22.5. The number of aromatic amines is 1. The van der Waals surface area contributed by atoms with Gasteiger partial charge in [-0.25, -0.2) is 0 Å². The van der Waals surface area contributed by atoms with Crippen molar-refractivity contribution >= 4 is 28.5 Å². The topological polar surface area (TPSA) is 115 Å². The van der Waals surface area contributed by atoms with Crippen LogP contribution in [0.5, 0.6) is 5.75 Å². The maximum atomic E-state index is 13.6. The second kappa shape index (κ2) is 9.13. The molecule has 2 unspecified atom stereocenters. The van der Waals surface area contributed by atoms with E-state index in [1.54, 1.807) is 18.1 Å². The number of likely N-dealkylation sites (tertiary alicyclic amines) is 1. The minimum absolute atomic E-state index is 0.0929. The van der Waals surface area contributed by atoms with Gasteiger partial charge in [-0.2, -0.15) is 5.26 Å². The van der Waals surface area contributed by atoms with Gasteiger partial charge in [-0.1, -0.05) is 12.5 Å². The number of fused-ring (bicyclic) bond motifs is 2. The van der Waals surface area contributed by atoms with E-state index < -0.39 is 12.1 Å². The molecule has 3 aliphatic rings. The van der Waals surface area contributed by atoms with Crippen molar-refractivity contribution in [1.82, 2.24) is 15.2 Å². The summed E-state index contributed by atoms with van der Waals surface area (Å²) >= 11 is 0. The van der Waals surface area contributed by atoms with E-state index in [4.69, 9.17) is 4.74 Å². The van der Waals surface area contributed by atoms with E-state index in [0.29, 0.717) is 30.8 Å². The third-order valence-electron chi connectivity index (χ3n) is 7.92. The SMILES string of the molecule is COc1cccc2[nH]c(C(=O)N3CC4CCCC4[C@H]3C(=O)N[C@H](C#N)C[C@@H]3CCCC3=O)cc12. The first-order valence-electron chi connectivity index (χ1n) is 12.2. The number of methoxy groups -OCH3 is 1. The van der Waals surface area contributed by atoms with Gasteiger partial charge in [0.1, 0.15) is 29.3 Å². The first-order valence-corrected chi connectivity index (χ1v) is 12.2. The Labute approximate surface area is 198 Å². The van der Waals surface area contributed by atoms with Gasteiger partial charge in [-0.05, 0) is 62.1 Å². The van der Waals surface area contributed by atoms with E-state index in [9.17, 15) is 19.6 Å². The lowest BCUT2D eigenvalue weighted by Crippen LogP contribution is -2.51. The molecule has 2 N–H and O–H groups in total. The second-order valence-electron chi connectivity index (χ2n) is 9.84. The van der Waals surface area contributed by atoms with E-state index in [2.05, 4.69) is 16.4 Å². The van der Waals surface area contributed by atoms with E-state index in [-0.39, 0.29) is 35.4 Å². The lowest BCUT2D eigenvalue weighted by Gasteiger charge is -2.28. The molecule has 178 valence electrons. The zero-order valence-electron chi connectivity index (χ0n) is 19.4. The number of hydrogen-bond acceptors (Lipinski definition) is 5. The molecule has 34 heavy (non-hydrogen) atoms. The molecule has 5 rings (SSSR count). The molecule has 1 aromatic heterocycles. The van der Waals surface area contributed by atoms with E-state index in [0.717, 1.165) is 43.0 Å². The lowest BCUT2D eigenvalue weighted by molar-refractivity contribution is -0.127. The monoisotopic (exact) mass is 462 g/mol. The summed E-state index contributed by atoms with van der Waals surface area (Å²) in [6.07, 6.45) is 5.46. The van der Waals surface area contributed by atoms with Crippen molar-refractivity contribution in [2.24, 2.45) is 17.8 Å². The minimum Gasteiger partial charge on any atom is -0.496 e. The molecule has 2 saturated carbocycles. The highest BCUT2D eigenvalue weighted by molar-refractivity contribution is 6.02. The van der Waals surface area contributed by atoms with Crippen LogP contribution in [0.2, 0.25) is 0 Å². The van der Waals surface area contributed by atoms with Gasteiger partial charge < -0.3 is 19.9 Å². The van der Waals surface area contributed by atoms with Crippen LogP contribution < -0.4 is 10.1 Å². The van der Waals surface area contributed by atoms with E-state index in [1.165, 1.54) is 0 Å². The third-order valence-corrected chi connectivity index (χ3v) is 7.92. The van der Waals surface area contributed by atoms with Gasteiger partial charge >= 0.3 is 0 Å². The lowest BCUT2D eigenvalue weighted by atomic mass is 9.92. The van der Waals surface area contributed by atoms with Crippen molar-refractivity contribution in [1.29, 1.82) is 5.26 Å². The molecule has 2 heterocycles. The van der Waals surface area contributed by atoms with Crippen LogP contribution >= 0.6 is 0 Å². The van der Waals surface area contributed by atoms with Gasteiger partial charge in [0.05, 0.1) is 13.2 Å². The summed E-state index contributed by atoms with van der Waals surface area (Å²) in [6.45, 7) is 0.534. The van der Waals surface area contributed by atoms with Crippen molar-refractivity contribution in [3.05, 3.63) is 30.0 Å². The predicted octanol–water partition coefficient (Wildman–Crippen LogP) is 3.18. The Morgan fingerprint density at radius 3 is 2.88 bits per heavy atom. The van der Waals surface area contributed by atoms with Gasteiger partial charge in [0, 0.05) is 29.8 Å². The van der Waals surface area contributed by atoms with Crippen molar-refractivity contribution in [3.8, 4) is 11.8 Å². The third kappa shape index (κ3) is 3.93. The molecule has 5 atom stereocenters. The van der Waals surface area contributed by atoms with Crippen molar-refractivity contribution in [3.63, 3.8) is 0 Å². The van der Waals surface area contributed by atoms with Gasteiger partial charge in [0.15, 0.2) is 0 Å². The number of amides is 2. The standard InChI is InChI=1S/C26H30N4O4/c1-34-23-10-4-8-20-19(23)12-21(29-20)26(33)30-14-16-6-2-7-18(16)24(30)25(32)28-17(13-27)11-15-5-3-9-22(15)31/h4,8,10,12,15-18,24,29H,2-3,5-7,9,11,14H2,1H3,(H,28,32)/t15-,16?,17-,18?,24-/m0/s1. The van der Waals surface area contributed by atoms with Gasteiger partial charge in [0.2, 0.25) is 5.91 Å². The fourth-order valence-electron chi connectivity index (χ4n) is 6.25. The predicted molar refractivity (Wildman–Crippen MR) is 125 cm³/mol. The van der Waals surface area contributed by atoms with Crippen LogP contribution in [0.1, 0.15) is 55.4 Å². The molecule has 2 aromatic rings. The summed E-state index contributed by atoms with van der Waals surface area (Å²) in [6, 6.07) is 8.20. The average molecular weight is 463 g/mol. The number of aromatic nitrogens is 1. The number of Topliss-reactive ketones (excluding diaryl/α,β-unsaturated/α-hetero) is 1. The van der Waals surface area contributed by atoms with Crippen LogP contribution in [0.3, 0.4) is 0 Å². The minimum atomic E-state index is -0.728. The highest BCUT2D eigenvalue weighted by Crippen LogP contribution is 2.43. The number of nitrogens with zero attached hydrogens (tertiary/aromatic N) is 2. The van der Waals surface area contributed by atoms with Crippen molar-refractivity contribution in [2.75, 3.05) is 13.7 Å². The molecule has 1 aliphatic heterocycles. The zero-order valence-corrected chi connectivity index (χ0v) is 19.4. The number of nitriles is 1. The number of rotatable bonds is 6. The average Bonchev–Trinajstić information content (AvgIpc) is 3.61. The summed E-state index contributed by atoms with van der Waals surface area (Å²) in [7, 11) is 1.59. The molecule has 2 aliphatic carbocycles. The molecule has 1 aromatic carbocycles. The summed E-state index contributed by atoms with van der Waals surface area (Å²) in [5.41, 5.74) is 1.22. The Bertz CT molecular complexity index is 1170. The molecular formula is C26H30N4O4. The summed E-state index contributed by atoms with van der Waals surface area (Å²) in [4.78, 5) is 44.0. The summed E-state index contributed by atoms with van der Waals surface area (Å²) < 4.78 is 5.42. The highest BCUT2D eigenvalue weighted by atomic mass is 16.5. The summed E-state index contributed by atoms with van der Waals surface area (Å²) in [5.74, 6) is 0.578. The molecule has 0 spiro atoms. The Hall–Kier alpha value is -3.34. The number of ether oxygens (including phenoxy) is 1. The molecule has 3 fully saturated rings. The van der Waals surface area contributed by atoms with Crippen LogP contribution in [-0.2, 0) is 9.59 Å². The largest absolute Gasteiger partial charge is 0.496 e. The first-order chi connectivity index (χ1) is 16.5. The zero-order chi connectivity index (χ0) is 23.8. The maximum absolute atomic E-state index is 13.6. The normalized spacial score (nSPS) is 26.9. The number of hydrogen-bond donors (Lipinski definition) is 2. The Balaban J connectivity index is 1.37. The van der Waals surface area contributed by atoms with Crippen LogP contribution in [0.4, 0.5) is 0 Å². The molecule has 8 heteroatoms. The maximum Gasteiger partial charge on any atom is 0.271 e. The smallest absolute Gasteiger partial charge is 0.271 e. The van der Waals surface area contributed by atoms with E-state index >= 15 is 0 Å². The van der Waals surface area contributed by atoms with Gasteiger partial charge in [-0.3, -0.25) is 14.4 Å². The molecule has 0 bridgehead atoms.